The molecule has 27 heavy (non-hydrogen) atoms. The monoisotopic (exact) mass is 387 g/mol. The highest BCUT2D eigenvalue weighted by Crippen LogP contribution is 2.27. The SMILES string of the molecule is COc1ccc(NC(=O)CN2CCN(c3ccccc3)C(=O)C2=O)cc1Cl. The summed E-state index contributed by atoms with van der Waals surface area (Å²) in [6.45, 7) is 0.392. The molecule has 0 atom stereocenters. The number of carbonyl (C=O) groups excluding carboxylic acids is 3. The van der Waals surface area contributed by atoms with Gasteiger partial charge in [0.15, 0.2) is 0 Å². The third-order valence-electron chi connectivity index (χ3n) is 4.15. The van der Waals surface area contributed by atoms with Crippen LogP contribution in [0.5, 0.6) is 5.75 Å². The van der Waals surface area contributed by atoms with Crippen molar-refractivity contribution in [3.05, 3.63) is 53.6 Å². The van der Waals surface area contributed by atoms with Gasteiger partial charge in [0.25, 0.3) is 0 Å². The van der Waals surface area contributed by atoms with Crippen LogP contribution in [-0.2, 0) is 14.4 Å². The molecule has 2 aromatic rings. The van der Waals surface area contributed by atoms with Crippen LogP contribution in [0, 0.1) is 0 Å². The van der Waals surface area contributed by atoms with Crippen molar-refractivity contribution in [1.82, 2.24) is 4.90 Å². The number of nitrogens with one attached hydrogen (secondary N) is 1. The van der Waals surface area contributed by atoms with Crippen LogP contribution >= 0.6 is 11.6 Å². The van der Waals surface area contributed by atoms with Crippen LogP contribution in [0.4, 0.5) is 11.4 Å². The Balaban J connectivity index is 1.61. The quantitative estimate of drug-likeness (QED) is 0.797. The second-order valence-electron chi connectivity index (χ2n) is 5.92. The van der Waals surface area contributed by atoms with Gasteiger partial charge in [-0.3, -0.25) is 14.4 Å². The Bertz CT molecular complexity index is 873. The number of rotatable bonds is 5. The molecule has 0 aromatic heterocycles. The molecule has 1 N–H and O–H groups in total. The number of methoxy groups -OCH3 is 1. The van der Waals surface area contributed by atoms with Gasteiger partial charge in [-0.1, -0.05) is 29.8 Å². The van der Waals surface area contributed by atoms with E-state index < -0.39 is 17.7 Å². The zero-order valence-corrected chi connectivity index (χ0v) is 15.4. The van der Waals surface area contributed by atoms with E-state index >= 15 is 0 Å². The Morgan fingerprint density at radius 3 is 2.52 bits per heavy atom. The Hall–Kier alpha value is -3.06. The van der Waals surface area contributed by atoms with Crippen molar-refractivity contribution in [3.63, 3.8) is 0 Å². The standard InChI is InChI=1S/C19H18ClN3O4/c1-27-16-8-7-13(11-15(16)20)21-17(24)12-22-9-10-23(19(26)18(22)25)14-5-3-2-4-6-14/h2-8,11H,9-10,12H2,1H3,(H,21,24). The van der Waals surface area contributed by atoms with E-state index in [1.807, 2.05) is 6.07 Å². The van der Waals surface area contributed by atoms with Gasteiger partial charge in [0.2, 0.25) is 5.91 Å². The summed E-state index contributed by atoms with van der Waals surface area (Å²) in [5.74, 6) is -1.27. The van der Waals surface area contributed by atoms with E-state index in [4.69, 9.17) is 16.3 Å². The normalized spacial score (nSPS) is 14.3. The molecule has 140 valence electrons. The summed E-state index contributed by atoms with van der Waals surface area (Å²) >= 11 is 6.03. The number of anilines is 2. The molecule has 3 amide bonds. The summed E-state index contributed by atoms with van der Waals surface area (Å²) < 4.78 is 5.06. The van der Waals surface area contributed by atoms with Gasteiger partial charge in [0.05, 0.1) is 12.1 Å². The number of ether oxygens (including phenoxy) is 1. The lowest BCUT2D eigenvalue weighted by atomic mass is 10.2. The number of nitrogens with zero attached hydrogens (tertiary/aromatic N) is 2. The smallest absolute Gasteiger partial charge is 0.316 e. The van der Waals surface area contributed by atoms with E-state index in [0.717, 1.165) is 0 Å². The minimum absolute atomic E-state index is 0.211. The fraction of sp³-hybridized carbons (Fsp3) is 0.211. The largest absolute Gasteiger partial charge is 0.495 e. The average Bonchev–Trinajstić information content (AvgIpc) is 2.66. The maximum atomic E-state index is 12.4. The van der Waals surface area contributed by atoms with Crippen molar-refractivity contribution in [2.24, 2.45) is 0 Å². The Morgan fingerprint density at radius 1 is 1.11 bits per heavy atom. The fourth-order valence-corrected chi connectivity index (χ4v) is 3.06. The lowest BCUT2D eigenvalue weighted by molar-refractivity contribution is -0.147. The first kappa shape index (κ1) is 18.7. The van der Waals surface area contributed by atoms with Crippen LogP contribution in [0.1, 0.15) is 0 Å². The first-order chi connectivity index (χ1) is 13.0. The number of hydrogen-bond donors (Lipinski definition) is 1. The highest BCUT2D eigenvalue weighted by atomic mass is 35.5. The predicted octanol–water partition coefficient (Wildman–Crippen LogP) is 2.16. The summed E-state index contributed by atoms with van der Waals surface area (Å²) in [5.41, 5.74) is 1.14. The molecule has 1 fully saturated rings. The predicted molar refractivity (Wildman–Crippen MR) is 102 cm³/mol. The molecule has 0 spiro atoms. The fourth-order valence-electron chi connectivity index (χ4n) is 2.80. The third-order valence-corrected chi connectivity index (χ3v) is 4.44. The number of benzene rings is 2. The lowest BCUT2D eigenvalue weighted by Gasteiger charge is -2.33. The Morgan fingerprint density at radius 2 is 1.85 bits per heavy atom. The first-order valence-corrected chi connectivity index (χ1v) is 8.66. The van der Waals surface area contributed by atoms with Crippen LogP contribution in [0.2, 0.25) is 5.02 Å². The Kier molecular flexibility index (Phi) is 5.61. The number of piperazine rings is 1. The summed E-state index contributed by atoms with van der Waals surface area (Å²) in [6, 6.07) is 13.8. The molecule has 8 heteroatoms. The molecule has 0 unspecified atom stereocenters. The summed E-state index contributed by atoms with van der Waals surface area (Å²) in [4.78, 5) is 39.6. The molecule has 3 rings (SSSR count). The molecule has 2 aromatic carbocycles. The number of para-hydroxylation sites is 1. The van der Waals surface area contributed by atoms with Gasteiger partial charge >= 0.3 is 11.8 Å². The summed E-state index contributed by atoms with van der Waals surface area (Å²) in [5, 5.41) is 3.02. The average molecular weight is 388 g/mol. The van der Waals surface area contributed by atoms with Crippen molar-refractivity contribution in [3.8, 4) is 5.75 Å². The molecule has 0 radical (unpaired) electrons. The summed E-state index contributed by atoms with van der Waals surface area (Å²) in [7, 11) is 1.50. The van der Waals surface area contributed by atoms with Crippen molar-refractivity contribution in [2.45, 2.75) is 0 Å². The van der Waals surface area contributed by atoms with Gasteiger partial charge in [-0.05, 0) is 30.3 Å². The molecule has 1 saturated heterocycles. The van der Waals surface area contributed by atoms with Crippen LogP contribution in [0.3, 0.4) is 0 Å². The van der Waals surface area contributed by atoms with Crippen LogP contribution in [0.15, 0.2) is 48.5 Å². The van der Waals surface area contributed by atoms with Crippen molar-refractivity contribution in [1.29, 1.82) is 0 Å². The number of carbonyl (C=O) groups is 3. The number of halogens is 1. The molecule has 0 saturated carbocycles. The lowest BCUT2D eigenvalue weighted by Crippen LogP contribution is -2.56. The second-order valence-corrected chi connectivity index (χ2v) is 6.32. The molecule has 0 aliphatic carbocycles. The van der Waals surface area contributed by atoms with Crippen LogP contribution in [-0.4, -0.2) is 49.4 Å². The minimum Gasteiger partial charge on any atom is -0.495 e. The van der Waals surface area contributed by atoms with Crippen molar-refractivity contribution >= 4 is 40.7 Å². The van der Waals surface area contributed by atoms with E-state index in [1.165, 1.54) is 16.9 Å². The second kappa shape index (κ2) is 8.09. The number of amides is 3. The molecular weight excluding hydrogens is 370 g/mol. The zero-order chi connectivity index (χ0) is 19.4. The van der Waals surface area contributed by atoms with E-state index in [-0.39, 0.29) is 13.1 Å². The topological polar surface area (TPSA) is 79.0 Å². The number of hydrogen-bond acceptors (Lipinski definition) is 4. The van der Waals surface area contributed by atoms with Crippen LogP contribution in [0.25, 0.3) is 0 Å². The molecular formula is C19H18ClN3O4. The van der Waals surface area contributed by atoms with E-state index in [9.17, 15) is 14.4 Å². The first-order valence-electron chi connectivity index (χ1n) is 8.29. The molecule has 1 aliphatic heterocycles. The van der Waals surface area contributed by atoms with Gasteiger partial charge in [-0.2, -0.15) is 0 Å². The minimum atomic E-state index is -0.701. The maximum Gasteiger partial charge on any atom is 0.316 e. The Labute approximate surface area is 161 Å². The zero-order valence-electron chi connectivity index (χ0n) is 14.6. The highest BCUT2D eigenvalue weighted by molar-refractivity contribution is 6.41. The third kappa shape index (κ3) is 4.20. The van der Waals surface area contributed by atoms with E-state index in [2.05, 4.69) is 5.32 Å². The van der Waals surface area contributed by atoms with Gasteiger partial charge < -0.3 is 19.9 Å². The summed E-state index contributed by atoms with van der Waals surface area (Å²) in [6.07, 6.45) is 0. The molecule has 0 bridgehead atoms. The maximum absolute atomic E-state index is 12.4. The van der Waals surface area contributed by atoms with Gasteiger partial charge in [-0.25, -0.2) is 0 Å². The van der Waals surface area contributed by atoms with Gasteiger partial charge in [0.1, 0.15) is 12.3 Å². The van der Waals surface area contributed by atoms with Gasteiger partial charge in [0, 0.05) is 24.5 Å². The van der Waals surface area contributed by atoms with Crippen LogP contribution < -0.4 is 15.0 Å². The van der Waals surface area contributed by atoms with Crippen molar-refractivity contribution < 1.29 is 19.1 Å². The molecule has 7 nitrogen and oxygen atoms in total. The van der Waals surface area contributed by atoms with Gasteiger partial charge in [-0.15, -0.1) is 0 Å². The van der Waals surface area contributed by atoms with E-state index in [0.29, 0.717) is 28.7 Å². The van der Waals surface area contributed by atoms with E-state index in [1.54, 1.807) is 42.5 Å². The molecule has 1 heterocycles. The highest BCUT2D eigenvalue weighted by Gasteiger charge is 2.34. The molecule has 1 aliphatic rings. The van der Waals surface area contributed by atoms with Crippen molar-refractivity contribution in [2.75, 3.05) is 37.0 Å².